The molecule has 126 valence electrons. The molecule has 0 aliphatic rings. The number of hydrogen-bond acceptors (Lipinski definition) is 6. The number of hydrogen-bond donors (Lipinski definition) is 2. The van der Waals surface area contributed by atoms with Crippen molar-refractivity contribution in [1.82, 2.24) is 10.0 Å². The van der Waals surface area contributed by atoms with Gasteiger partial charge in [0.25, 0.3) is 21.6 Å². The summed E-state index contributed by atoms with van der Waals surface area (Å²) in [6.45, 7) is 4.44. The molecule has 1 atom stereocenters. The minimum absolute atomic E-state index is 0.375. The predicted octanol–water partition coefficient (Wildman–Crippen LogP) is 0.560. The second-order valence-electron chi connectivity index (χ2n) is 5.12. The van der Waals surface area contributed by atoms with E-state index < -0.39 is 43.4 Å². The Balaban J connectivity index is 3.14. The van der Waals surface area contributed by atoms with E-state index in [-0.39, 0.29) is 5.92 Å². The maximum atomic E-state index is 12.2. The van der Waals surface area contributed by atoms with Crippen LogP contribution in [0.5, 0.6) is 0 Å². The number of nitro benzene ring substituents is 1. The summed E-state index contributed by atoms with van der Waals surface area (Å²) in [6.07, 6.45) is 0. The Morgan fingerprint density at radius 2 is 1.78 bits per heavy atom. The van der Waals surface area contributed by atoms with Crippen LogP contribution in [0.25, 0.3) is 0 Å². The SMILES string of the molecule is CC(=O)NC(C(=O)NS(=O)(=O)c1ccccc1[N+](=O)[O-])C(C)C. The summed E-state index contributed by atoms with van der Waals surface area (Å²) < 4.78 is 26.2. The number of para-hydroxylation sites is 1. The third-order valence-corrected chi connectivity index (χ3v) is 4.29. The lowest BCUT2D eigenvalue weighted by Gasteiger charge is -2.20. The monoisotopic (exact) mass is 343 g/mol. The molecule has 0 aliphatic heterocycles. The van der Waals surface area contributed by atoms with Crippen molar-refractivity contribution < 1.29 is 22.9 Å². The first-order valence-electron chi connectivity index (χ1n) is 6.63. The van der Waals surface area contributed by atoms with E-state index in [9.17, 15) is 28.1 Å². The lowest BCUT2D eigenvalue weighted by atomic mass is 10.0. The van der Waals surface area contributed by atoms with Crippen molar-refractivity contribution in [2.24, 2.45) is 5.92 Å². The number of carbonyl (C=O) groups is 2. The van der Waals surface area contributed by atoms with E-state index >= 15 is 0 Å². The minimum atomic E-state index is -4.44. The predicted molar refractivity (Wildman–Crippen MR) is 80.9 cm³/mol. The van der Waals surface area contributed by atoms with Crippen LogP contribution in [0.3, 0.4) is 0 Å². The first-order valence-corrected chi connectivity index (χ1v) is 8.11. The van der Waals surface area contributed by atoms with E-state index in [1.807, 2.05) is 0 Å². The molecule has 1 aromatic rings. The zero-order valence-corrected chi connectivity index (χ0v) is 13.6. The fourth-order valence-electron chi connectivity index (χ4n) is 1.84. The van der Waals surface area contributed by atoms with Crippen LogP contribution in [-0.4, -0.2) is 31.2 Å². The second kappa shape index (κ2) is 7.18. The van der Waals surface area contributed by atoms with Gasteiger partial charge in [0.2, 0.25) is 5.91 Å². The molecule has 0 fully saturated rings. The van der Waals surface area contributed by atoms with E-state index in [0.717, 1.165) is 12.1 Å². The molecule has 0 spiro atoms. The molecule has 9 nitrogen and oxygen atoms in total. The molecule has 0 radical (unpaired) electrons. The van der Waals surface area contributed by atoms with Gasteiger partial charge in [-0.3, -0.25) is 19.7 Å². The van der Waals surface area contributed by atoms with Crippen molar-refractivity contribution in [3.8, 4) is 0 Å². The summed E-state index contributed by atoms with van der Waals surface area (Å²) >= 11 is 0. The molecule has 10 heteroatoms. The molecule has 1 aromatic carbocycles. The van der Waals surface area contributed by atoms with Gasteiger partial charge in [-0.05, 0) is 12.0 Å². The normalized spacial score (nSPS) is 12.5. The van der Waals surface area contributed by atoms with Crippen LogP contribution in [0.15, 0.2) is 29.2 Å². The first-order chi connectivity index (χ1) is 10.6. The van der Waals surface area contributed by atoms with E-state index in [4.69, 9.17) is 0 Å². The third-order valence-electron chi connectivity index (χ3n) is 2.89. The zero-order chi connectivity index (χ0) is 17.8. The second-order valence-corrected chi connectivity index (χ2v) is 6.77. The Morgan fingerprint density at radius 1 is 1.22 bits per heavy atom. The van der Waals surface area contributed by atoms with Crippen molar-refractivity contribution in [1.29, 1.82) is 0 Å². The van der Waals surface area contributed by atoms with Gasteiger partial charge >= 0.3 is 0 Å². The van der Waals surface area contributed by atoms with Gasteiger partial charge in [0.05, 0.1) is 4.92 Å². The number of carbonyl (C=O) groups excluding carboxylic acids is 2. The number of benzene rings is 1. The van der Waals surface area contributed by atoms with E-state index in [2.05, 4.69) is 5.32 Å². The molecule has 0 heterocycles. The molecule has 2 amide bonds. The lowest BCUT2D eigenvalue weighted by Crippen LogP contribution is -2.50. The van der Waals surface area contributed by atoms with Crippen molar-refractivity contribution in [3.05, 3.63) is 34.4 Å². The van der Waals surface area contributed by atoms with Gasteiger partial charge in [-0.15, -0.1) is 0 Å². The highest BCUT2D eigenvalue weighted by Gasteiger charge is 2.31. The van der Waals surface area contributed by atoms with Gasteiger partial charge in [0, 0.05) is 13.0 Å². The molecule has 1 rings (SSSR count). The number of nitrogens with one attached hydrogen (secondary N) is 2. The third kappa shape index (κ3) is 4.74. The highest BCUT2D eigenvalue weighted by atomic mass is 32.2. The molecular weight excluding hydrogens is 326 g/mol. The van der Waals surface area contributed by atoms with Crippen LogP contribution in [0, 0.1) is 16.0 Å². The number of rotatable bonds is 6. The first kappa shape index (κ1) is 18.6. The van der Waals surface area contributed by atoms with Crippen LogP contribution >= 0.6 is 0 Å². The van der Waals surface area contributed by atoms with Gasteiger partial charge in [0.15, 0.2) is 4.90 Å². The largest absolute Gasteiger partial charge is 0.344 e. The van der Waals surface area contributed by atoms with E-state index in [1.54, 1.807) is 18.6 Å². The smallest absolute Gasteiger partial charge is 0.289 e. The standard InChI is InChI=1S/C13H17N3O6S/c1-8(2)12(14-9(3)17)13(18)15-23(21,22)11-7-5-4-6-10(11)16(19)20/h4-8,12H,1-3H3,(H,14,17)(H,15,18). The molecular formula is C13H17N3O6S. The summed E-state index contributed by atoms with van der Waals surface area (Å²) in [5, 5.41) is 13.3. The van der Waals surface area contributed by atoms with Crippen LogP contribution in [0.2, 0.25) is 0 Å². The van der Waals surface area contributed by atoms with Gasteiger partial charge in [0.1, 0.15) is 6.04 Å². The van der Waals surface area contributed by atoms with Gasteiger partial charge < -0.3 is 5.32 Å². The van der Waals surface area contributed by atoms with Crippen LogP contribution in [-0.2, 0) is 19.6 Å². The minimum Gasteiger partial charge on any atom is -0.344 e. The number of nitro groups is 1. The topological polar surface area (TPSA) is 135 Å². The summed E-state index contributed by atoms with van der Waals surface area (Å²) in [6, 6.07) is 3.58. The van der Waals surface area contributed by atoms with Crippen molar-refractivity contribution >= 4 is 27.5 Å². The average molecular weight is 343 g/mol. The van der Waals surface area contributed by atoms with Crippen LogP contribution < -0.4 is 10.0 Å². The molecule has 0 saturated carbocycles. The Labute approximate surface area is 133 Å². The number of sulfonamides is 1. The van der Waals surface area contributed by atoms with Gasteiger partial charge in [-0.2, -0.15) is 0 Å². The molecule has 0 aromatic heterocycles. The van der Waals surface area contributed by atoms with Crippen LogP contribution in [0.4, 0.5) is 5.69 Å². The number of amides is 2. The Hall–Kier alpha value is -2.49. The Bertz CT molecular complexity index is 729. The molecule has 2 N–H and O–H groups in total. The summed E-state index contributed by atoms with van der Waals surface area (Å²) in [5.74, 6) is -1.84. The molecule has 1 unspecified atom stereocenters. The highest BCUT2D eigenvalue weighted by molar-refractivity contribution is 7.90. The fraction of sp³-hybridized carbons (Fsp3) is 0.385. The number of nitrogens with zero attached hydrogens (tertiary/aromatic N) is 1. The highest BCUT2D eigenvalue weighted by Crippen LogP contribution is 2.22. The molecule has 0 saturated heterocycles. The average Bonchev–Trinajstić information content (AvgIpc) is 2.43. The Kier molecular flexibility index (Phi) is 5.79. The molecule has 23 heavy (non-hydrogen) atoms. The van der Waals surface area contributed by atoms with Crippen LogP contribution in [0.1, 0.15) is 20.8 Å². The summed E-state index contributed by atoms with van der Waals surface area (Å²) in [4.78, 5) is 32.7. The maximum absolute atomic E-state index is 12.2. The quantitative estimate of drug-likeness (QED) is 0.572. The zero-order valence-electron chi connectivity index (χ0n) is 12.8. The summed E-state index contributed by atoms with van der Waals surface area (Å²) in [5.41, 5.74) is -0.645. The van der Waals surface area contributed by atoms with E-state index in [0.29, 0.717) is 0 Å². The lowest BCUT2D eigenvalue weighted by molar-refractivity contribution is -0.387. The van der Waals surface area contributed by atoms with Crippen molar-refractivity contribution in [2.45, 2.75) is 31.7 Å². The molecule has 0 aliphatic carbocycles. The fourth-order valence-corrected chi connectivity index (χ4v) is 3.02. The van der Waals surface area contributed by atoms with Crippen molar-refractivity contribution in [3.63, 3.8) is 0 Å². The summed E-state index contributed by atoms with van der Waals surface area (Å²) in [7, 11) is -4.44. The van der Waals surface area contributed by atoms with Gasteiger partial charge in [-0.1, -0.05) is 26.0 Å². The van der Waals surface area contributed by atoms with E-state index in [1.165, 1.54) is 19.1 Å². The molecule has 0 bridgehead atoms. The van der Waals surface area contributed by atoms with Gasteiger partial charge in [-0.25, -0.2) is 13.1 Å². The maximum Gasteiger partial charge on any atom is 0.289 e. The van der Waals surface area contributed by atoms with Crippen molar-refractivity contribution in [2.75, 3.05) is 0 Å². The Morgan fingerprint density at radius 3 is 2.26 bits per heavy atom.